The molecule has 3 aliphatic rings. The first kappa shape index (κ1) is 12.8. The lowest BCUT2D eigenvalue weighted by atomic mass is 9.57. The molecule has 0 spiro atoms. The quantitative estimate of drug-likeness (QED) is 0.868. The maximum Gasteiger partial charge on any atom is 0.0749 e. The standard InChI is InChI=1S/C18H25NO/c19-12-17(18(20)10-13-5-6-16(18)9-13)8-7-14-3-1-2-4-15(14)11-17/h1-4,13,16,20H,5-12,19H2. The van der Waals surface area contributed by atoms with Crippen LogP contribution in [0.3, 0.4) is 0 Å². The number of aliphatic hydroxyl groups is 1. The molecule has 3 N–H and O–H groups in total. The van der Waals surface area contributed by atoms with Crippen molar-refractivity contribution in [1.29, 1.82) is 0 Å². The maximum absolute atomic E-state index is 11.5. The number of hydrogen-bond acceptors (Lipinski definition) is 2. The molecule has 0 saturated heterocycles. The zero-order valence-corrected chi connectivity index (χ0v) is 12.1. The predicted molar refractivity (Wildman–Crippen MR) is 80.4 cm³/mol. The van der Waals surface area contributed by atoms with Crippen LogP contribution in [0.2, 0.25) is 0 Å². The van der Waals surface area contributed by atoms with Crippen molar-refractivity contribution in [3.63, 3.8) is 0 Å². The van der Waals surface area contributed by atoms with Crippen molar-refractivity contribution in [2.45, 2.75) is 50.5 Å². The minimum Gasteiger partial charge on any atom is -0.389 e. The molecule has 0 aliphatic heterocycles. The highest BCUT2D eigenvalue weighted by Gasteiger charge is 2.60. The first-order chi connectivity index (χ1) is 9.67. The van der Waals surface area contributed by atoms with Gasteiger partial charge in [0.2, 0.25) is 0 Å². The molecule has 0 heterocycles. The summed E-state index contributed by atoms with van der Waals surface area (Å²) in [7, 11) is 0. The van der Waals surface area contributed by atoms with Crippen LogP contribution in [0.4, 0.5) is 0 Å². The lowest BCUT2D eigenvalue weighted by Crippen LogP contribution is -2.58. The first-order valence-electron chi connectivity index (χ1n) is 8.16. The highest BCUT2D eigenvalue weighted by atomic mass is 16.3. The van der Waals surface area contributed by atoms with E-state index in [4.69, 9.17) is 5.73 Å². The third-order valence-electron chi connectivity index (χ3n) is 6.65. The van der Waals surface area contributed by atoms with E-state index in [0.29, 0.717) is 12.5 Å². The van der Waals surface area contributed by atoms with E-state index in [1.54, 1.807) is 0 Å². The lowest BCUT2D eigenvalue weighted by molar-refractivity contribution is -0.126. The Bertz CT molecular complexity index is 528. The van der Waals surface area contributed by atoms with Gasteiger partial charge in [0.05, 0.1) is 5.60 Å². The molecule has 2 heteroatoms. The third-order valence-corrected chi connectivity index (χ3v) is 6.65. The fourth-order valence-electron chi connectivity index (χ4n) is 5.47. The number of benzene rings is 1. The monoisotopic (exact) mass is 271 g/mol. The molecule has 20 heavy (non-hydrogen) atoms. The summed E-state index contributed by atoms with van der Waals surface area (Å²) in [6.07, 6.45) is 7.87. The van der Waals surface area contributed by atoms with Gasteiger partial charge in [-0.3, -0.25) is 0 Å². The average molecular weight is 271 g/mol. The van der Waals surface area contributed by atoms with E-state index in [2.05, 4.69) is 24.3 Å². The third kappa shape index (κ3) is 1.58. The Kier molecular flexibility index (Phi) is 2.77. The molecule has 4 atom stereocenters. The highest BCUT2D eigenvalue weighted by molar-refractivity contribution is 5.33. The van der Waals surface area contributed by atoms with Crippen molar-refractivity contribution in [3.8, 4) is 0 Å². The number of aryl methyl sites for hydroxylation is 1. The summed E-state index contributed by atoms with van der Waals surface area (Å²) in [5.41, 5.74) is 8.53. The Labute approximate surface area is 121 Å². The van der Waals surface area contributed by atoms with Gasteiger partial charge < -0.3 is 10.8 Å². The minimum atomic E-state index is -0.502. The molecule has 2 bridgehead atoms. The molecular weight excluding hydrogens is 246 g/mol. The normalized spacial score (nSPS) is 42.7. The summed E-state index contributed by atoms with van der Waals surface area (Å²) in [6.45, 7) is 0.626. The van der Waals surface area contributed by atoms with Crippen LogP contribution >= 0.6 is 0 Å². The number of nitrogens with two attached hydrogens (primary N) is 1. The summed E-state index contributed by atoms with van der Waals surface area (Å²) in [5.74, 6) is 1.26. The number of rotatable bonds is 2. The van der Waals surface area contributed by atoms with Crippen LogP contribution in [0, 0.1) is 17.3 Å². The zero-order valence-electron chi connectivity index (χ0n) is 12.1. The number of hydrogen-bond donors (Lipinski definition) is 2. The molecule has 2 nitrogen and oxygen atoms in total. The van der Waals surface area contributed by atoms with E-state index in [1.165, 1.54) is 30.4 Å². The van der Waals surface area contributed by atoms with E-state index < -0.39 is 5.60 Å². The fraction of sp³-hybridized carbons (Fsp3) is 0.667. The van der Waals surface area contributed by atoms with Gasteiger partial charge in [-0.05, 0) is 67.9 Å². The van der Waals surface area contributed by atoms with Crippen molar-refractivity contribution in [3.05, 3.63) is 35.4 Å². The minimum absolute atomic E-state index is 0.0822. The smallest absolute Gasteiger partial charge is 0.0749 e. The van der Waals surface area contributed by atoms with Gasteiger partial charge in [-0.25, -0.2) is 0 Å². The van der Waals surface area contributed by atoms with Crippen LogP contribution in [0.1, 0.15) is 43.2 Å². The fourth-order valence-corrected chi connectivity index (χ4v) is 5.47. The van der Waals surface area contributed by atoms with E-state index in [0.717, 1.165) is 31.6 Å². The Hall–Kier alpha value is -0.860. The van der Waals surface area contributed by atoms with Crippen molar-refractivity contribution in [2.24, 2.45) is 23.0 Å². The van der Waals surface area contributed by atoms with E-state index in [-0.39, 0.29) is 5.41 Å². The van der Waals surface area contributed by atoms with Gasteiger partial charge in [0, 0.05) is 12.0 Å². The van der Waals surface area contributed by atoms with Gasteiger partial charge in [0.25, 0.3) is 0 Å². The van der Waals surface area contributed by atoms with Crippen molar-refractivity contribution in [1.82, 2.24) is 0 Å². The van der Waals surface area contributed by atoms with Gasteiger partial charge >= 0.3 is 0 Å². The number of fused-ring (bicyclic) bond motifs is 3. The Morgan fingerprint density at radius 3 is 2.65 bits per heavy atom. The van der Waals surface area contributed by atoms with Crippen LogP contribution in [-0.2, 0) is 12.8 Å². The van der Waals surface area contributed by atoms with E-state index in [1.807, 2.05) is 0 Å². The van der Waals surface area contributed by atoms with Gasteiger partial charge in [0.15, 0.2) is 0 Å². The molecule has 2 saturated carbocycles. The molecule has 0 aromatic heterocycles. The summed E-state index contributed by atoms with van der Waals surface area (Å²) in [6, 6.07) is 8.72. The van der Waals surface area contributed by atoms with E-state index in [9.17, 15) is 5.11 Å². The second-order valence-electron chi connectivity index (χ2n) is 7.43. The topological polar surface area (TPSA) is 46.2 Å². The molecule has 2 fully saturated rings. The summed E-state index contributed by atoms with van der Waals surface area (Å²) < 4.78 is 0. The van der Waals surface area contributed by atoms with Crippen LogP contribution in [0.15, 0.2) is 24.3 Å². The maximum atomic E-state index is 11.5. The second-order valence-corrected chi connectivity index (χ2v) is 7.43. The van der Waals surface area contributed by atoms with Crippen LogP contribution in [0.25, 0.3) is 0 Å². The molecular formula is C18H25NO. The van der Waals surface area contributed by atoms with E-state index >= 15 is 0 Å². The van der Waals surface area contributed by atoms with Crippen LogP contribution in [0.5, 0.6) is 0 Å². The molecule has 108 valence electrons. The summed E-state index contributed by atoms with van der Waals surface area (Å²) in [5, 5.41) is 11.5. The van der Waals surface area contributed by atoms with Crippen LogP contribution < -0.4 is 5.73 Å². The average Bonchev–Trinajstić information content (AvgIpc) is 3.07. The Morgan fingerprint density at radius 1 is 1.20 bits per heavy atom. The van der Waals surface area contributed by atoms with Gasteiger partial charge in [-0.15, -0.1) is 0 Å². The predicted octanol–water partition coefficient (Wildman–Crippen LogP) is 2.67. The largest absolute Gasteiger partial charge is 0.389 e. The van der Waals surface area contributed by atoms with Gasteiger partial charge in [-0.2, -0.15) is 0 Å². The molecule has 1 aromatic carbocycles. The molecule has 3 aliphatic carbocycles. The van der Waals surface area contributed by atoms with Gasteiger partial charge in [-0.1, -0.05) is 24.3 Å². The Morgan fingerprint density at radius 2 is 2.00 bits per heavy atom. The van der Waals surface area contributed by atoms with Gasteiger partial charge in [0.1, 0.15) is 0 Å². The van der Waals surface area contributed by atoms with Crippen molar-refractivity contribution in [2.75, 3.05) is 6.54 Å². The first-order valence-corrected chi connectivity index (χ1v) is 8.16. The molecule has 4 unspecified atom stereocenters. The molecule has 0 amide bonds. The summed E-state index contributed by atoms with van der Waals surface area (Å²) >= 11 is 0. The molecule has 4 rings (SSSR count). The summed E-state index contributed by atoms with van der Waals surface area (Å²) in [4.78, 5) is 0. The molecule has 1 aromatic rings. The Balaban J connectivity index is 1.72. The SMILES string of the molecule is NCC1(C2(O)CC3CCC2C3)CCc2ccccc2C1. The van der Waals surface area contributed by atoms with Crippen LogP contribution in [-0.4, -0.2) is 17.3 Å². The van der Waals surface area contributed by atoms with Crippen molar-refractivity contribution >= 4 is 0 Å². The van der Waals surface area contributed by atoms with Crippen molar-refractivity contribution < 1.29 is 5.11 Å². The lowest BCUT2D eigenvalue weighted by Gasteiger charge is -2.52. The molecule has 0 radical (unpaired) electrons. The zero-order chi connectivity index (χ0) is 13.8. The second kappa shape index (κ2) is 4.32. The highest BCUT2D eigenvalue weighted by Crippen LogP contribution is 2.60.